The molecule has 1 aromatic heterocycles. The molecular formula is C16H27N3S. The molecule has 1 N–H and O–H groups in total. The minimum Gasteiger partial charge on any atom is -0.305 e. The molecule has 1 aromatic rings. The molecule has 1 saturated carbocycles. The summed E-state index contributed by atoms with van der Waals surface area (Å²) in [5, 5.41) is 7.21. The number of likely N-dealkylation sites (tertiary alicyclic amines) is 1. The van der Waals surface area contributed by atoms with Crippen LogP contribution < -0.4 is 5.32 Å². The molecular weight excluding hydrogens is 266 g/mol. The van der Waals surface area contributed by atoms with Gasteiger partial charge in [0.2, 0.25) is 0 Å². The van der Waals surface area contributed by atoms with E-state index in [0.29, 0.717) is 18.1 Å². The molecule has 1 saturated heterocycles. The number of thiazole rings is 1. The Hall–Kier alpha value is -0.450. The van der Waals surface area contributed by atoms with Crippen LogP contribution in [-0.4, -0.2) is 35.1 Å². The fourth-order valence-corrected chi connectivity index (χ4v) is 4.63. The van der Waals surface area contributed by atoms with E-state index in [-0.39, 0.29) is 0 Å². The van der Waals surface area contributed by atoms with Crippen molar-refractivity contribution in [1.82, 2.24) is 15.2 Å². The summed E-state index contributed by atoms with van der Waals surface area (Å²) in [6.45, 7) is 9.49. The fraction of sp³-hybridized carbons (Fsp3) is 0.812. The predicted molar refractivity (Wildman–Crippen MR) is 85.0 cm³/mol. The molecule has 2 aliphatic rings. The van der Waals surface area contributed by atoms with Crippen molar-refractivity contribution < 1.29 is 0 Å². The molecule has 112 valence electrons. The average molecular weight is 293 g/mol. The number of piperidine rings is 1. The highest BCUT2D eigenvalue weighted by atomic mass is 32.1. The lowest BCUT2D eigenvalue weighted by molar-refractivity contribution is 0.0257. The molecule has 2 fully saturated rings. The van der Waals surface area contributed by atoms with Gasteiger partial charge in [-0.05, 0) is 45.4 Å². The normalized spacial score (nSPS) is 32.5. The van der Waals surface area contributed by atoms with E-state index in [0.717, 1.165) is 11.8 Å². The second-order valence-electron chi connectivity index (χ2n) is 6.78. The highest BCUT2D eigenvalue weighted by Crippen LogP contribution is 2.36. The lowest BCUT2D eigenvalue weighted by atomic mass is 9.73. The van der Waals surface area contributed by atoms with Crippen LogP contribution in [0.2, 0.25) is 0 Å². The molecule has 4 heteroatoms. The Morgan fingerprint density at radius 3 is 2.50 bits per heavy atom. The molecule has 3 nitrogen and oxygen atoms in total. The standard InChI is InChI=1S/C16H27N3S/c1-11(2)19-9-13-5-4-6-14(10-19)15(13)18-12(3)16-17-7-8-20-16/h7-8,11-15,18H,4-6,9-10H2,1-3H3. The SMILES string of the molecule is CC(NC1C2CCCC1CN(C(C)C)C2)c1nccs1. The smallest absolute Gasteiger partial charge is 0.109 e. The van der Waals surface area contributed by atoms with Crippen molar-refractivity contribution in [3.63, 3.8) is 0 Å². The molecule has 3 atom stereocenters. The largest absolute Gasteiger partial charge is 0.305 e. The Morgan fingerprint density at radius 2 is 1.95 bits per heavy atom. The lowest BCUT2D eigenvalue weighted by Crippen LogP contribution is -2.58. The van der Waals surface area contributed by atoms with E-state index in [1.807, 2.05) is 6.20 Å². The zero-order valence-corrected chi connectivity index (χ0v) is 13.7. The van der Waals surface area contributed by atoms with Gasteiger partial charge in [0.15, 0.2) is 0 Å². The van der Waals surface area contributed by atoms with Crippen LogP contribution in [0.4, 0.5) is 0 Å². The molecule has 1 aliphatic heterocycles. The zero-order chi connectivity index (χ0) is 14.1. The Labute approximate surface area is 126 Å². The minimum atomic E-state index is 0.397. The first-order valence-electron chi connectivity index (χ1n) is 8.04. The summed E-state index contributed by atoms with van der Waals surface area (Å²) in [6.07, 6.45) is 6.12. The van der Waals surface area contributed by atoms with Crippen LogP contribution in [0.15, 0.2) is 11.6 Å². The summed E-state index contributed by atoms with van der Waals surface area (Å²) < 4.78 is 0. The Kier molecular flexibility index (Phi) is 4.43. The van der Waals surface area contributed by atoms with Gasteiger partial charge in [0, 0.05) is 36.8 Å². The molecule has 1 aliphatic carbocycles. The van der Waals surface area contributed by atoms with E-state index in [1.165, 1.54) is 37.4 Å². The molecule has 0 spiro atoms. The maximum absolute atomic E-state index is 4.46. The first-order chi connectivity index (χ1) is 9.65. The van der Waals surface area contributed by atoms with E-state index < -0.39 is 0 Å². The molecule has 0 amide bonds. The van der Waals surface area contributed by atoms with Gasteiger partial charge in [0.05, 0.1) is 6.04 Å². The summed E-state index contributed by atoms with van der Waals surface area (Å²) in [6, 6.07) is 1.78. The van der Waals surface area contributed by atoms with Gasteiger partial charge < -0.3 is 10.2 Å². The number of nitrogens with zero attached hydrogens (tertiary/aromatic N) is 2. The topological polar surface area (TPSA) is 28.2 Å². The van der Waals surface area contributed by atoms with Crippen molar-refractivity contribution in [3.8, 4) is 0 Å². The first-order valence-corrected chi connectivity index (χ1v) is 8.92. The zero-order valence-electron chi connectivity index (χ0n) is 12.9. The summed E-state index contributed by atoms with van der Waals surface area (Å²) in [5.74, 6) is 1.65. The van der Waals surface area contributed by atoms with E-state index in [1.54, 1.807) is 11.3 Å². The highest BCUT2D eigenvalue weighted by molar-refractivity contribution is 7.09. The number of fused-ring (bicyclic) bond motifs is 2. The third kappa shape index (κ3) is 2.92. The van der Waals surface area contributed by atoms with Gasteiger partial charge in [-0.15, -0.1) is 11.3 Å². The van der Waals surface area contributed by atoms with Gasteiger partial charge in [-0.1, -0.05) is 6.42 Å². The monoisotopic (exact) mass is 293 g/mol. The van der Waals surface area contributed by atoms with Crippen LogP contribution in [0.5, 0.6) is 0 Å². The van der Waals surface area contributed by atoms with Gasteiger partial charge in [-0.25, -0.2) is 4.98 Å². The minimum absolute atomic E-state index is 0.397. The summed E-state index contributed by atoms with van der Waals surface area (Å²) >= 11 is 1.77. The molecule has 0 aromatic carbocycles. The predicted octanol–water partition coefficient (Wildman–Crippen LogP) is 3.30. The molecule has 0 radical (unpaired) electrons. The van der Waals surface area contributed by atoms with E-state index in [2.05, 4.69) is 41.4 Å². The van der Waals surface area contributed by atoms with Gasteiger partial charge >= 0.3 is 0 Å². The first kappa shape index (κ1) is 14.5. The fourth-order valence-electron chi connectivity index (χ4n) is 3.98. The summed E-state index contributed by atoms with van der Waals surface area (Å²) in [5.41, 5.74) is 0. The van der Waals surface area contributed by atoms with Crippen molar-refractivity contribution in [1.29, 1.82) is 0 Å². The van der Waals surface area contributed by atoms with Crippen molar-refractivity contribution in [2.24, 2.45) is 11.8 Å². The van der Waals surface area contributed by atoms with Crippen LogP contribution in [0.3, 0.4) is 0 Å². The number of rotatable bonds is 4. The van der Waals surface area contributed by atoms with E-state index in [9.17, 15) is 0 Å². The average Bonchev–Trinajstić information content (AvgIpc) is 2.91. The van der Waals surface area contributed by atoms with E-state index >= 15 is 0 Å². The summed E-state index contributed by atoms with van der Waals surface area (Å²) in [4.78, 5) is 7.15. The number of aromatic nitrogens is 1. The van der Waals surface area contributed by atoms with Crippen LogP contribution in [0.25, 0.3) is 0 Å². The van der Waals surface area contributed by atoms with Crippen molar-refractivity contribution in [3.05, 3.63) is 16.6 Å². The van der Waals surface area contributed by atoms with Crippen LogP contribution in [0, 0.1) is 11.8 Å². The maximum atomic E-state index is 4.46. The molecule has 3 rings (SSSR count). The third-order valence-corrected chi connectivity index (χ3v) is 6.06. The molecule has 3 unspecified atom stereocenters. The van der Waals surface area contributed by atoms with Crippen molar-refractivity contribution in [2.45, 2.75) is 58.2 Å². The van der Waals surface area contributed by atoms with Crippen LogP contribution in [-0.2, 0) is 0 Å². The van der Waals surface area contributed by atoms with Gasteiger partial charge in [0.25, 0.3) is 0 Å². The maximum Gasteiger partial charge on any atom is 0.109 e. The van der Waals surface area contributed by atoms with E-state index in [4.69, 9.17) is 0 Å². The Bertz CT molecular complexity index is 403. The second-order valence-corrected chi connectivity index (χ2v) is 7.71. The van der Waals surface area contributed by atoms with Gasteiger partial charge in [-0.2, -0.15) is 0 Å². The molecule has 2 bridgehead atoms. The summed E-state index contributed by atoms with van der Waals surface area (Å²) in [7, 11) is 0. The van der Waals surface area contributed by atoms with Crippen LogP contribution in [0.1, 0.15) is 51.1 Å². The molecule has 20 heavy (non-hydrogen) atoms. The highest BCUT2D eigenvalue weighted by Gasteiger charge is 2.40. The number of hydrogen-bond acceptors (Lipinski definition) is 4. The van der Waals surface area contributed by atoms with Crippen molar-refractivity contribution >= 4 is 11.3 Å². The number of hydrogen-bond donors (Lipinski definition) is 1. The van der Waals surface area contributed by atoms with Gasteiger partial charge in [-0.3, -0.25) is 0 Å². The molecule has 2 heterocycles. The van der Waals surface area contributed by atoms with Crippen LogP contribution >= 0.6 is 11.3 Å². The second kappa shape index (κ2) is 6.12. The Morgan fingerprint density at radius 1 is 1.25 bits per heavy atom. The van der Waals surface area contributed by atoms with Gasteiger partial charge in [0.1, 0.15) is 5.01 Å². The number of nitrogens with one attached hydrogen (secondary N) is 1. The third-order valence-electron chi connectivity index (χ3n) is 5.10. The lowest BCUT2D eigenvalue weighted by Gasteiger charge is -2.49. The quantitative estimate of drug-likeness (QED) is 0.923. The van der Waals surface area contributed by atoms with Crippen molar-refractivity contribution in [2.75, 3.05) is 13.1 Å². The Balaban J connectivity index is 1.67.